The molecular formula is C41H29N. The van der Waals surface area contributed by atoms with Crippen molar-refractivity contribution in [1.82, 2.24) is 4.57 Å². The molecule has 0 N–H and O–H groups in total. The highest BCUT2D eigenvalue weighted by atomic mass is 15.0. The monoisotopic (exact) mass is 535 g/mol. The van der Waals surface area contributed by atoms with Crippen molar-refractivity contribution in [2.45, 2.75) is 19.3 Å². The Morgan fingerprint density at radius 2 is 0.952 bits per heavy atom. The third-order valence-electron chi connectivity index (χ3n) is 9.58. The fraction of sp³-hybridized carbons (Fsp3) is 0.0732. The summed E-state index contributed by atoms with van der Waals surface area (Å²) >= 11 is 0. The SMILES string of the molecule is CC1(C)c2cc(-c3ccc4ccc5ccccc5c4c3)ccc2-c2ccc(-n3c4ccccc4c4ccccc43)cc21. The maximum Gasteiger partial charge on any atom is 0.0541 e. The van der Waals surface area contributed by atoms with Crippen LogP contribution in [0.3, 0.4) is 0 Å². The molecule has 198 valence electrons. The fourth-order valence-electron chi connectivity index (χ4n) is 7.43. The Bertz CT molecular complexity index is 2330. The van der Waals surface area contributed by atoms with Crippen molar-refractivity contribution >= 4 is 43.4 Å². The minimum atomic E-state index is -0.112. The first kappa shape index (κ1) is 23.6. The van der Waals surface area contributed by atoms with Gasteiger partial charge in [0, 0.05) is 21.9 Å². The summed E-state index contributed by atoms with van der Waals surface area (Å²) in [7, 11) is 0. The lowest BCUT2D eigenvalue weighted by Gasteiger charge is -2.23. The van der Waals surface area contributed by atoms with Crippen LogP contribution >= 0.6 is 0 Å². The van der Waals surface area contributed by atoms with E-state index in [-0.39, 0.29) is 5.41 Å². The van der Waals surface area contributed by atoms with E-state index in [1.165, 1.54) is 82.4 Å². The van der Waals surface area contributed by atoms with E-state index in [9.17, 15) is 0 Å². The summed E-state index contributed by atoms with van der Waals surface area (Å²) < 4.78 is 2.43. The Kier molecular flexibility index (Phi) is 4.73. The third-order valence-corrected chi connectivity index (χ3v) is 9.58. The second kappa shape index (κ2) is 8.44. The molecule has 0 fully saturated rings. The molecule has 0 aliphatic heterocycles. The van der Waals surface area contributed by atoms with Gasteiger partial charge in [-0.2, -0.15) is 0 Å². The number of aromatic nitrogens is 1. The zero-order valence-electron chi connectivity index (χ0n) is 23.7. The van der Waals surface area contributed by atoms with Crippen LogP contribution < -0.4 is 0 Å². The minimum absolute atomic E-state index is 0.112. The van der Waals surface area contributed by atoms with Crippen molar-refractivity contribution in [3.63, 3.8) is 0 Å². The van der Waals surface area contributed by atoms with Crippen molar-refractivity contribution in [1.29, 1.82) is 0 Å². The van der Waals surface area contributed by atoms with Crippen LogP contribution in [0.1, 0.15) is 25.0 Å². The van der Waals surface area contributed by atoms with Gasteiger partial charge in [0.1, 0.15) is 0 Å². The number of hydrogen-bond donors (Lipinski definition) is 0. The average Bonchev–Trinajstić information content (AvgIpc) is 3.49. The molecule has 0 saturated carbocycles. The predicted octanol–water partition coefficient (Wildman–Crippen LogP) is 11.1. The first-order valence-electron chi connectivity index (χ1n) is 14.8. The molecule has 8 aromatic rings. The number of hydrogen-bond acceptors (Lipinski definition) is 0. The lowest BCUT2D eigenvalue weighted by molar-refractivity contribution is 0.660. The van der Waals surface area contributed by atoms with Crippen LogP contribution in [0.25, 0.3) is 71.3 Å². The number of rotatable bonds is 2. The van der Waals surface area contributed by atoms with Gasteiger partial charge in [-0.05, 0) is 91.3 Å². The van der Waals surface area contributed by atoms with Crippen LogP contribution in [0.2, 0.25) is 0 Å². The fourth-order valence-corrected chi connectivity index (χ4v) is 7.43. The van der Waals surface area contributed by atoms with Gasteiger partial charge < -0.3 is 4.57 Å². The normalized spacial score (nSPS) is 13.7. The van der Waals surface area contributed by atoms with Crippen LogP contribution in [0.4, 0.5) is 0 Å². The smallest absolute Gasteiger partial charge is 0.0541 e. The van der Waals surface area contributed by atoms with Gasteiger partial charge in [-0.25, -0.2) is 0 Å². The lowest BCUT2D eigenvalue weighted by atomic mass is 9.81. The van der Waals surface area contributed by atoms with E-state index >= 15 is 0 Å². The summed E-state index contributed by atoms with van der Waals surface area (Å²) in [5.41, 5.74) is 11.6. The van der Waals surface area contributed by atoms with E-state index < -0.39 is 0 Å². The zero-order chi connectivity index (χ0) is 28.0. The second-order valence-corrected chi connectivity index (χ2v) is 12.2. The van der Waals surface area contributed by atoms with Crippen molar-refractivity contribution in [2.75, 3.05) is 0 Å². The van der Waals surface area contributed by atoms with Gasteiger partial charge in [0.15, 0.2) is 0 Å². The van der Waals surface area contributed by atoms with Gasteiger partial charge >= 0.3 is 0 Å². The molecule has 0 atom stereocenters. The predicted molar refractivity (Wildman–Crippen MR) is 179 cm³/mol. The lowest BCUT2D eigenvalue weighted by Crippen LogP contribution is -2.15. The zero-order valence-corrected chi connectivity index (χ0v) is 23.7. The summed E-state index contributed by atoms with van der Waals surface area (Å²) in [6.07, 6.45) is 0. The molecule has 0 radical (unpaired) electrons. The molecule has 42 heavy (non-hydrogen) atoms. The van der Waals surface area contributed by atoms with Gasteiger partial charge in [-0.15, -0.1) is 0 Å². The molecular weight excluding hydrogens is 506 g/mol. The highest BCUT2D eigenvalue weighted by Crippen LogP contribution is 2.50. The Morgan fingerprint density at radius 3 is 1.69 bits per heavy atom. The van der Waals surface area contributed by atoms with Crippen molar-refractivity contribution in [3.05, 3.63) is 151 Å². The van der Waals surface area contributed by atoms with Crippen molar-refractivity contribution in [3.8, 4) is 27.9 Å². The van der Waals surface area contributed by atoms with Gasteiger partial charge in [0.05, 0.1) is 11.0 Å². The molecule has 1 heteroatoms. The summed E-state index contributed by atoms with van der Waals surface area (Å²) in [5.74, 6) is 0. The van der Waals surface area contributed by atoms with Gasteiger partial charge in [-0.3, -0.25) is 0 Å². The molecule has 0 amide bonds. The highest BCUT2D eigenvalue weighted by molar-refractivity contribution is 6.10. The van der Waals surface area contributed by atoms with E-state index in [4.69, 9.17) is 0 Å². The average molecular weight is 536 g/mol. The number of benzene rings is 7. The van der Waals surface area contributed by atoms with Crippen LogP contribution in [-0.4, -0.2) is 4.57 Å². The van der Waals surface area contributed by atoms with E-state index in [1.807, 2.05) is 0 Å². The second-order valence-electron chi connectivity index (χ2n) is 12.2. The minimum Gasteiger partial charge on any atom is -0.309 e. The van der Waals surface area contributed by atoms with E-state index in [0.717, 1.165) is 0 Å². The first-order valence-corrected chi connectivity index (χ1v) is 14.8. The standard InChI is InChI=1S/C41H29N/c1-41(2)37-24-29(28-18-17-27-16-15-26-9-3-4-10-31(26)36(27)23-28)19-21-32(37)33-22-20-30(25-38(33)41)42-39-13-7-5-11-34(39)35-12-6-8-14-40(35)42/h3-25H,1-2H3. The van der Waals surface area contributed by atoms with E-state index in [1.54, 1.807) is 0 Å². The molecule has 0 unspecified atom stereocenters. The van der Waals surface area contributed by atoms with Gasteiger partial charge in [0.2, 0.25) is 0 Å². The highest BCUT2D eigenvalue weighted by Gasteiger charge is 2.36. The van der Waals surface area contributed by atoms with Crippen LogP contribution in [0.5, 0.6) is 0 Å². The maximum absolute atomic E-state index is 2.43. The summed E-state index contributed by atoms with van der Waals surface area (Å²) in [6.45, 7) is 4.76. The molecule has 0 spiro atoms. The quantitative estimate of drug-likeness (QED) is 0.194. The number of fused-ring (bicyclic) bond motifs is 9. The molecule has 9 rings (SSSR count). The van der Waals surface area contributed by atoms with Crippen molar-refractivity contribution < 1.29 is 0 Å². The first-order chi connectivity index (χ1) is 20.6. The molecule has 1 heterocycles. The number of nitrogens with zero attached hydrogens (tertiary/aromatic N) is 1. The Labute approximate surface area is 245 Å². The largest absolute Gasteiger partial charge is 0.309 e. The van der Waals surface area contributed by atoms with Crippen LogP contribution in [0.15, 0.2) is 140 Å². The summed E-state index contributed by atoms with van der Waals surface area (Å²) in [6, 6.07) is 51.7. The molecule has 1 aliphatic carbocycles. The van der Waals surface area contributed by atoms with Crippen LogP contribution in [0, 0.1) is 0 Å². The maximum atomic E-state index is 2.43. The molecule has 1 nitrogen and oxygen atoms in total. The third kappa shape index (κ3) is 3.19. The Balaban J connectivity index is 1.19. The number of para-hydroxylation sites is 2. The molecule has 1 aromatic heterocycles. The molecule has 1 aliphatic rings. The summed E-state index contributed by atoms with van der Waals surface area (Å²) in [4.78, 5) is 0. The Morgan fingerprint density at radius 1 is 0.429 bits per heavy atom. The molecule has 0 bridgehead atoms. The molecule has 7 aromatic carbocycles. The van der Waals surface area contributed by atoms with Gasteiger partial charge in [-0.1, -0.05) is 117 Å². The molecule has 0 saturated heterocycles. The summed E-state index contributed by atoms with van der Waals surface area (Å²) in [5, 5.41) is 7.77. The van der Waals surface area contributed by atoms with E-state index in [2.05, 4.69) is 158 Å². The van der Waals surface area contributed by atoms with Crippen molar-refractivity contribution in [2.24, 2.45) is 0 Å². The topological polar surface area (TPSA) is 4.93 Å². The van der Waals surface area contributed by atoms with Gasteiger partial charge in [0.25, 0.3) is 0 Å². The van der Waals surface area contributed by atoms with E-state index in [0.29, 0.717) is 0 Å². The Hall–Kier alpha value is -5.14. The van der Waals surface area contributed by atoms with Crippen LogP contribution in [-0.2, 0) is 5.41 Å².